The summed E-state index contributed by atoms with van der Waals surface area (Å²) in [4.78, 5) is 32.2. The molecule has 2 amide bonds. The van der Waals surface area contributed by atoms with E-state index in [-0.39, 0.29) is 11.8 Å². The number of amides is 2. The fourth-order valence-corrected chi connectivity index (χ4v) is 3.20. The zero-order chi connectivity index (χ0) is 15.3. The lowest BCUT2D eigenvalue weighted by molar-refractivity contribution is -0.161. The Balaban J connectivity index is 1.73. The van der Waals surface area contributed by atoms with E-state index in [4.69, 9.17) is 9.25 Å². The summed E-state index contributed by atoms with van der Waals surface area (Å²) in [6.07, 6.45) is 0.750. The van der Waals surface area contributed by atoms with E-state index in [1.807, 2.05) is 6.07 Å². The second kappa shape index (κ2) is 4.79. The molecule has 3 atom stereocenters. The Morgan fingerprint density at radius 1 is 1.00 bits per heavy atom. The molecule has 0 N–H and O–H groups in total. The van der Waals surface area contributed by atoms with Crippen LogP contribution in [0, 0.1) is 5.92 Å². The van der Waals surface area contributed by atoms with E-state index in [0.717, 1.165) is 0 Å². The van der Waals surface area contributed by atoms with E-state index < -0.39 is 18.1 Å². The maximum atomic E-state index is 12.8. The van der Waals surface area contributed by atoms with Gasteiger partial charge in [-0.15, -0.1) is 0 Å². The monoisotopic (exact) mass is 298 g/mol. The molecule has 0 bridgehead atoms. The van der Waals surface area contributed by atoms with E-state index in [2.05, 4.69) is 0 Å². The van der Waals surface area contributed by atoms with Crippen molar-refractivity contribution in [1.82, 2.24) is 5.06 Å². The minimum absolute atomic E-state index is 0.257. The lowest BCUT2D eigenvalue weighted by atomic mass is 9.95. The number of rotatable bonds is 2. The zero-order valence-corrected chi connectivity index (χ0v) is 11.9. The number of carbonyl (C=O) groups is 2. The largest absolute Gasteiger partial charge is 0.468 e. The third-order valence-electron chi connectivity index (χ3n) is 4.16. The minimum atomic E-state index is -0.798. The molecular weight excluding hydrogens is 284 g/mol. The number of imide groups is 1. The highest BCUT2D eigenvalue weighted by molar-refractivity contribution is 6.23. The van der Waals surface area contributed by atoms with Gasteiger partial charge in [-0.2, -0.15) is 5.06 Å². The first-order valence-electron chi connectivity index (χ1n) is 7.04. The Morgan fingerprint density at radius 3 is 2.45 bits per heavy atom. The second-order valence-electron chi connectivity index (χ2n) is 5.41. The maximum Gasteiger partial charge on any atom is 0.265 e. The molecule has 0 unspecified atom stereocenters. The number of para-hydroxylation sites is 1. The lowest BCUT2D eigenvalue weighted by Gasteiger charge is -2.22. The number of benzene rings is 1. The molecule has 0 spiro atoms. The molecule has 4 rings (SSSR count). The molecule has 112 valence electrons. The smallest absolute Gasteiger partial charge is 0.265 e. The normalized spacial score (nSPS) is 28.4. The molecule has 3 heterocycles. The Morgan fingerprint density at radius 2 is 1.77 bits per heavy atom. The molecule has 6 nitrogen and oxygen atoms in total. The van der Waals surface area contributed by atoms with Crippen LogP contribution in [0.25, 0.3) is 0 Å². The molecule has 2 saturated heterocycles. The van der Waals surface area contributed by atoms with E-state index in [0.29, 0.717) is 11.4 Å². The van der Waals surface area contributed by atoms with Crippen LogP contribution in [-0.2, 0) is 14.4 Å². The Labute approximate surface area is 126 Å². The molecule has 2 aromatic rings. The highest BCUT2D eigenvalue weighted by Crippen LogP contribution is 2.44. The number of fused-ring (bicyclic) bond motifs is 1. The predicted octanol–water partition coefficient (Wildman–Crippen LogP) is 1.76. The topological polar surface area (TPSA) is 63.0 Å². The molecule has 2 aliphatic heterocycles. The molecule has 0 radical (unpaired) electrons. The summed E-state index contributed by atoms with van der Waals surface area (Å²) in [5, 5.41) is 1.53. The number of carbonyl (C=O) groups excluding carboxylic acids is 2. The van der Waals surface area contributed by atoms with Crippen LogP contribution in [0.1, 0.15) is 11.8 Å². The highest BCUT2D eigenvalue weighted by Gasteiger charge is 2.59. The van der Waals surface area contributed by atoms with Gasteiger partial charge in [-0.25, -0.2) is 4.90 Å². The molecule has 0 aliphatic carbocycles. The van der Waals surface area contributed by atoms with Crippen LogP contribution in [-0.4, -0.2) is 30.0 Å². The average molecular weight is 298 g/mol. The van der Waals surface area contributed by atoms with Gasteiger partial charge in [-0.1, -0.05) is 18.2 Å². The van der Waals surface area contributed by atoms with Gasteiger partial charge in [0.05, 0.1) is 12.0 Å². The molecule has 1 aromatic carbocycles. The van der Waals surface area contributed by atoms with Crippen LogP contribution >= 0.6 is 0 Å². The third-order valence-corrected chi connectivity index (χ3v) is 4.16. The predicted molar refractivity (Wildman–Crippen MR) is 76.5 cm³/mol. The second-order valence-corrected chi connectivity index (χ2v) is 5.41. The summed E-state index contributed by atoms with van der Waals surface area (Å²) in [5.41, 5.74) is 0.566. The van der Waals surface area contributed by atoms with Crippen molar-refractivity contribution in [2.75, 3.05) is 11.9 Å². The van der Waals surface area contributed by atoms with Crippen LogP contribution in [0.4, 0.5) is 5.69 Å². The first kappa shape index (κ1) is 13.2. The van der Waals surface area contributed by atoms with Gasteiger partial charge in [0.2, 0.25) is 5.91 Å². The number of hydrogen-bond donors (Lipinski definition) is 0. The van der Waals surface area contributed by atoms with Gasteiger partial charge in [-0.3, -0.25) is 14.4 Å². The summed E-state index contributed by atoms with van der Waals surface area (Å²) < 4.78 is 5.42. The Bertz CT molecular complexity index is 713. The summed E-state index contributed by atoms with van der Waals surface area (Å²) in [7, 11) is 1.71. The first-order valence-corrected chi connectivity index (χ1v) is 7.04. The van der Waals surface area contributed by atoms with Crippen molar-refractivity contribution in [3.05, 3.63) is 54.5 Å². The van der Waals surface area contributed by atoms with Crippen LogP contribution < -0.4 is 4.90 Å². The summed E-state index contributed by atoms with van der Waals surface area (Å²) in [5.74, 6) is -0.566. The molecule has 2 fully saturated rings. The van der Waals surface area contributed by atoms with Crippen LogP contribution in [0.15, 0.2) is 53.1 Å². The van der Waals surface area contributed by atoms with Gasteiger partial charge in [0.25, 0.3) is 5.91 Å². The van der Waals surface area contributed by atoms with Crippen molar-refractivity contribution >= 4 is 17.5 Å². The van der Waals surface area contributed by atoms with Crippen LogP contribution in [0.3, 0.4) is 0 Å². The number of nitrogens with zero attached hydrogens (tertiary/aromatic N) is 2. The van der Waals surface area contributed by atoms with Crippen molar-refractivity contribution in [3.63, 3.8) is 0 Å². The Hall–Kier alpha value is -2.44. The third kappa shape index (κ3) is 1.74. The number of hydrogen-bond acceptors (Lipinski definition) is 5. The van der Waals surface area contributed by atoms with Crippen molar-refractivity contribution in [3.8, 4) is 0 Å². The summed E-state index contributed by atoms with van der Waals surface area (Å²) >= 11 is 0. The molecule has 0 saturated carbocycles. The van der Waals surface area contributed by atoms with Gasteiger partial charge >= 0.3 is 0 Å². The zero-order valence-electron chi connectivity index (χ0n) is 11.9. The van der Waals surface area contributed by atoms with Gasteiger partial charge in [0.1, 0.15) is 17.7 Å². The fourth-order valence-electron chi connectivity index (χ4n) is 3.20. The maximum absolute atomic E-state index is 12.8. The lowest BCUT2D eigenvalue weighted by Crippen LogP contribution is -2.36. The quantitative estimate of drug-likeness (QED) is 0.791. The van der Waals surface area contributed by atoms with Crippen LogP contribution in [0.2, 0.25) is 0 Å². The van der Waals surface area contributed by atoms with Crippen molar-refractivity contribution in [2.24, 2.45) is 5.92 Å². The number of hydroxylamine groups is 2. The minimum Gasteiger partial charge on any atom is -0.468 e. The molecular formula is C16H14N2O4. The number of furan rings is 1. The van der Waals surface area contributed by atoms with E-state index in [9.17, 15) is 9.59 Å². The molecule has 2 aliphatic rings. The van der Waals surface area contributed by atoms with Crippen molar-refractivity contribution in [1.29, 1.82) is 0 Å². The van der Waals surface area contributed by atoms with Crippen LogP contribution in [0.5, 0.6) is 0 Å². The fraction of sp³-hybridized carbons (Fsp3) is 0.250. The van der Waals surface area contributed by atoms with Gasteiger partial charge < -0.3 is 4.42 Å². The summed E-state index contributed by atoms with van der Waals surface area (Å²) in [6, 6.07) is 12.0. The molecule has 1 aromatic heterocycles. The first-order chi connectivity index (χ1) is 10.7. The van der Waals surface area contributed by atoms with E-state index >= 15 is 0 Å². The SMILES string of the molecule is CN1O[C@@H]2C(=O)N(c3ccccc3)C(=O)[C@@H]2[C@@H]1c1ccco1. The van der Waals surface area contributed by atoms with E-state index in [1.54, 1.807) is 49.7 Å². The van der Waals surface area contributed by atoms with Gasteiger partial charge in [0.15, 0.2) is 6.10 Å². The van der Waals surface area contributed by atoms with E-state index in [1.165, 1.54) is 9.96 Å². The van der Waals surface area contributed by atoms with Gasteiger partial charge in [0, 0.05) is 7.05 Å². The number of anilines is 1. The average Bonchev–Trinajstić information content (AvgIpc) is 3.19. The van der Waals surface area contributed by atoms with Crippen molar-refractivity contribution in [2.45, 2.75) is 12.1 Å². The standard InChI is InChI=1S/C16H14N2O4/c1-17-13(11-8-5-9-21-11)12-14(22-17)16(20)18(15(12)19)10-6-3-2-4-7-10/h2-9,12-14H,1H3/t12-,13+,14+/m1/s1. The highest BCUT2D eigenvalue weighted by atomic mass is 16.7. The molecule has 6 heteroatoms. The summed E-state index contributed by atoms with van der Waals surface area (Å²) in [6.45, 7) is 0. The molecule has 22 heavy (non-hydrogen) atoms. The van der Waals surface area contributed by atoms with Gasteiger partial charge in [-0.05, 0) is 24.3 Å². The van der Waals surface area contributed by atoms with Crippen molar-refractivity contribution < 1.29 is 18.8 Å². The Kier molecular flexibility index (Phi) is 2.88.